The molecular weight excluding hydrogens is 416 g/mol. The number of benzene rings is 1. The number of hydrogen-bond acceptors (Lipinski definition) is 3. The number of phenols is 1. The second-order valence-corrected chi connectivity index (χ2v) is 10.6. The average Bonchev–Trinajstić information content (AvgIpc) is 2.60. The fourth-order valence-electron chi connectivity index (χ4n) is 5.12. The first-order valence-electron chi connectivity index (χ1n) is 10.8. The van der Waals surface area contributed by atoms with Gasteiger partial charge in [-0.3, -0.25) is 4.79 Å². The molecule has 3 nitrogen and oxygen atoms in total. The topological polar surface area (TPSA) is 46.5 Å². The van der Waals surface area contributed by atoms with Crippen molar-refractivity contribution in [3.63, 3.8) is 0 Å². The summed E-state index contributed by atoms with van der Waals surface area (Å²) in [6.45, 7) is 8.75. The molecule has 1 N–H and O–H groups in total. The van der Waals surface area contributed by atoms with Gasteiger partial charge in [0, 0.05) is 35.6 Å². The van der Waals surface area contributed by atoms with Crippen LogP contribution in [0.15, 0.2) is 12.1 Å². The summed E-state index contributed by atoms with van der Waals surface area (Å²) >= 11 is 3.49. The van der Waals surface area contributed by atoms with Crippen LogP contribution in [0.3, 0.4) is 0 Å². The molecule has 1 aliphatic heterocycles. The van der Waals surface area contributed by atoms with Gasteiger partial charge in [0.05, 0.1) is 0 Å². The van der Waals surface area contributed by atoms with Crippen LogP contribution in [0.5, 0.6) is 11.5 Å². The Kier molecular flexibility index (Phi) is 6.48. The number of unbranched alkanes of at least 4 members (excludes halogenated alkanes) is 3. The number of carbonyl (C=O) groups is 1. The van der Waals surface area contributed by atoms with Gasteiger partial charge in [0.2, 0.25) is 0 Å². The summed E-state index contributed by atoms with van der Waals surface area (Å²) in [7, 11) is 0. The molecule has 0 spiro atoms. The number of fused-ring (bicyclic) bond motifs is 3. The van der Waals surface area contributed by atoms with E-state index in [0.717, 1.165) is 35.0 Å². The Morgan fingerprint density at radius 1 is 1.21 bits per heavy atom. The highest BCUT2D eigenvalue weighted by molar-refractivity contribution is 9.09. The smallest absolute Gasteiger partial charge is 0.133 e. The van der Waals surface area contributed by atoms with Crippen molar-refractivity contribution in [2.45, 2.75) is 96.0 Å². The highest BCUT2D eigenvalue weighted by Crippen LogP contribution is 2.54. The fourth-order valence-corrected chi connectivity index (χ4v) is 5.52. The molecule has 0 bridgehead atoms. The van der Waals surface area contributed by atoms with E-state index in [9.17, 15) is 9.90 Å². The first kappa shape index (κ1) is 21.7. The van der Waals surface area contributed by atoms with Crippen LogP contribution in [0, 0.1) is 5.92 Å². The van der Waals surface area contributed by atoms with E-state index in [2.05, 4.69) is 49.7 Å². The van der Waals surface area contributed by atoms with Crippen LogP contribution in [-0.4, -0.2) is 21.8 Å². The van der Waals surface area contributed by atoms with Crippen LogP contribution < -0.4 is 4.74 Å². The monoisotopic (exact) mass is 450 g/mol. The molecule has 2 unspecified atom stereocenters. The van der Waals surface area contributed by atoms with Crippen molar-refractivity contribution in [1.29, 1.82) is 0 Å². The summed E-state index contributed by atoms with van der Waals surface area (Å²) in [5.74, 6) is 1.74. The first-order chi connectivity index (χ1) is 13.2. The Balaban J connectivity index is 1.86. The van der Waals surface area contributed by atoms with Gasteiger partial charge < -0.3 is 9.84 Å². The van der Waals surface area contributed by atoms with Crippen LogP contribution in [0.4, 0.5) is 0 Å². The second-order valence-electron chi connectivity index (χ2n) is 9.84. The second kappa shape index (κ2) is 8.38. The maximum atomic E-state index is 12.1. The number of alkyl halides is 1. The molecule has 1 aliphatic carbocycles. The summed E-state index contributed by atoms with van der Waals surface area (Å²) in [6, 6.07) is 4.06. The van der Waals surface area contributed by atoms with Gasteiger partial charge in [-0.05, 0) is 56.2 Å². The van der Waals surface area contributed by atoms with Crippen molar-refractivity contribution in [2.75, 3.05) is 5.33 Å². The van der Waals surface area contributed by atoms with Crippen LogP contribution in [0.25, 0.3) is 0 Å². The SMILES string of the molecule is CC(C)(CCCCCCBr)c1cc(O)c2c(c1)OC(C)(C)C1CCC(=O)CC21. The Hall–Kier alpha value is -1.03. The zero-order valence-electron chi connectivity index (χ0n) is 17.8. The molecule has 0 saturated heterocycles. The molecule has 4 heteroatoms. The zero-order valence-corrected chi connectivity index (χ0v) is 19.4. The van der Waals surface area contributed by atoms with Crippen molar-refractivity contribution in [3.8, 4) is 11.5 Å². The number of Topliss-reactive ketones (excluding diaryl/α,β-unsaturated/α-hetero) is 1. The third-order valence-corrected chi connectivity index (χ3v) is 7.45. The number of hydrogen-bond donors (Lipinski definition) is 1. The van der Waals surface area contributed by atoms with E-state index in [1.807, 2.05) is 6.07 Å². The van der Waals surface area contributed by atoms with E-state index in [4.69, 9.17) is 4.74 Å². The average molecular weight is 451 g/mol. The Bertz CT molecular complexity index is 723. The predicted octanol–water partition coefficient (Wildman–Crippen LogP) is 6.64. The maximum Gasteiger partial charge on any atom is 0.133 e. The third kappa shape index (κ3) is 4.42. The molecule has 2 aliphatic rings. The Morgan fingerprint density at radius 2 is 1.93 bits per heavy atom. The maximum absolute atomic E-state index is 12.1. The van der Waals surface area contributed by atoms with Gasteiger partial charge in [0.25, 0.3) is 0 Å². The lowest BCUT2D eigenvalue weighted by molar-refractivity contribution is -0.124. The third-order valence-electron chi connectivity index (χ3n) is 6.89. The van der Waals surface area contributed by atoms with Crippen molar-refractivity contribution in [3.05, 3.63) is 23.3 Å². The molecule has 2 atom stereocenters. The number of halogens is 1. The molecule has 0 aromatic heterocycles. The van der Waals surface area contributed by atoms with Crippen molar-refractivity contribution in [2.24, 2.45) is 5.92 Å². The summed E-state index contributed by atoms with van der Waals surface area (Å²) in [4.78, 5) is 12.1. The number of ether oxygens (including phenoxy) is 1. The quantitative estimate of drug-likeness (QED) is 0.373. The normalized spacial score (nSPS) is 23.7. The van der Waals surface area contributed by atoms with Gasteiger partial charge in [0.15, 0.2) is 0 Å². The van der Waals surface area contributed by atoms with E-state index in [1.165, 1.54) is 25.7 Å². The number of carbonyl (C=O) groups excluding carboxylic acids is 1. The van der Waals surface area contributed by atoms with Crippen molar-refractivity contribution >= 4 is 21.7 Å². The lowest BCUT2D eigenvalue weighted by Crippen LogP contribution is -2.47. The molecule has 28 heavy (non-hydrogen) atoms. The van der Waals surface area contributed by atoms with Gasteiger partial charge in [0.1, 0.15) is 22.9 Å². The molecule has 1 aromatic carbocycles. The lowest BCUT2D eigenvalue weighted by Gasteiger charge is -2.47. The summed E-state index contributed by atoms with van der Waals surface area (Å²) in [6.07, 6.45) is 7.98. The predicted molar refractivity (Wildman–Crippen MR) is 118 cm³/mol. The van der Waals surface area contributed by atoms with E-state index < -0.39 is 0 Å². The highest BCUT2D eigenvalue weighted by Gasteiger charge is 2.47. The first-order valence-corrected chi connectivity index (χ1v) is 11.9. The minimum atomic E-state index is -0.316. The molecule has 0 radical (unpaired) electrons. The standard InChI is InChI=1S/C24H35BrO3/c1-23(2,11-7-5-6-8-12-25)16-13-20(27)22-18-15-17(26)9-10-19(18)24(3,4)28-21(22)14-16/h13-14,18-19,27H,5-12,15H2,1-4H3. The molecule has 3 rings (SSSR count). The van der Waals surface area contributed by atoms with E-state index in [-0.39, 0.29) is 22.9 Å². The zero-order chi connectivity index (χ0) is 20.5. The van der Waals surface area contributed by atoms with E-state index in [1.54, 1.807) is 0 Å². The number of rotatable bonds is 7. The van der Waals surface area contributed by atoms with Crippen molar-refractivity contribution < 1.29 is 14.6 Å². The summed E-state index contributed by atoms with van der Waals surface area (Å²) in [5.41, 5.74) is 1.64. The lowest BCUT2D eigenvalue weighted by atomic mass is 9.66. The van der Waals surface area contributed by atoms with Crippen molar-refractivity contribution in [1.82, 2.24) is 0 Å². The van der Waals surface area contributed by atoms with Gasteiger partial charge in [-0.15, -0.1) is 0 Å². The molecule has 156 valence electrons. The number of aromatic hydroxyl groups is 1. The fraction of sp³-hybridized carbons (Fsp3) is 0.708. The minimum absolute atomic E-state index is 0.0202. The van der Waals surface area contributed by atoms with Gasteiger partial charge in [-0.1, -0.05) is 49.0 Å². The summed E-state index contributed by atoms with van der Waals surface area (Å²) < 4.78 is 6.42. The Labute approximate surface area is 178 Å². The largest absolute Gasteiger partial charge is 0.508 e. The molecule has 1 heterocycles. The molecule has 1 saturated carbocycles. The van der Waals surface area contributed by atoms with Crippen LogP contribution in [-0.2, 0) is 10.2 Å². The number of phenolic OH excluding ortho intramolecular Hbond substituents is 1. The van der Waals surface area contributed by atoms with Crippen LogP contribution in [0.1, 0.15) is 96.1 Å². The molecular formula is C24H35BrO3. The van der Waals surface area contributed by atoms with Gasteiger partial charge in [-0.2, -0.15) is 0 Å². The van der Waals surface area contributed by atoms with Crippen LogP contribution in [0.2, 0.25) is 0 Å². The van der Waals surface area contributed by atoms with E-state index in [0.29, 0.717) is 24.4 Å². The highest BCUT2D eigenvalue weighted by atomic mass is 79.9. The molecule has 1 aromatic rings. The Morgan fingerprint density at radius 3 is 2.64 bits per heavy atom. The molecule has 1 fully saturated rings. The van der Waals surface area contributed by atoms with Gasteiger partial charge >= 0.3 is 0 Å². The number of ketones is 1. The van der Waals surface area contributed by atoms with Crippen LogP contribution >= 0.6 is 15.9 Å². The van der Waals surface area contributed by atoms with E-state index >= 15 is 0 Å². The summed E-state index contributed by atoms with van der Waals surface area (Å²) in [5, 5.41) is 12.0. The minimum Gasteiger partial charge on any atom is -0.508 e. The molecule has 0 amide bonds. The van der Waals surface area contributed by atoms with Gasteiger partial charge in [-0.25, -0.2) is 0 Å².